The van der Waals surface area contributed by atoms with Crippen molar-refractivity contribution in [2.75, 3.05) is 56.1 Å². The summed E-state index contributed by atoms with van der Waals surface area (Å²) in [7, 11) is -4.20. The molecule has 1 aliphatic carbocycles. The molecule has 3 aromatic rings. The third kappa shape index (κ3) is 13.2. The van der Waals surface area contributed by atoms with Gasteiger partial charge in [-0.2, -0.15) is 4.98 Å². The molecule has 1 aliphatic heterocycles. The Morgan fingerprint density at radius 2 is 1.73 bits per heavy atom. The fourth-order valence-electron chi connectivity index (χ4n) is 6.83. The van der Waals surface area contributed by atoms with Crippen LogP contribution in [0.25, 0.3) is 10.9 Å². The average molecular weight is 744 g/mol. The molecule has 0 spiro atoms. The highest BCUT2D eigenvalue weighted by Crippen LogP contribution is 2.32. The Morgan fingerprint density at radius 3 is 2.50 bits per heavy atom. The highest BCUT2D eigenvalue weighted by molar-refractivity contribution is 7.51. The molecule has 5 rings (SSSR count). The van der Waals surface area contributed by atoms with Crippen LogP contribution in [-0.2, 0) is 27.2 Å². The van der Waals surface area contributed by atoms with Crippen molar-refractivity contribution in [2.24, 2.45) is 5.73 Å². The number of rotatable bonds is 21. The van der Waals surface area contributed by atoms with Gasteiger partial charge in [-0.1, -0.05) is 31.4 Å². The molecule has 0 radical (unpaired) electrons. The summed E-state index contributed by atoms with van der Waals surface area (Å²) in [6.45, 7) is 5.64. The Kier molecular flexibility index (Phi) is 15.3. The Balaban J connectivity index is 0.990. The summed E-state index contributed by atoms with van der Waals surface area (Å²) in [4.78, 5) is 54.2. The van der Waals surface area contributed by atoms with Crippen molar-refractivity contribution in [1.29, 1.82) is 0 Å². The summed E-state index contributed by atoms with van der Waals surface area (Å²) < 4.78 is 13.1. The first kappa shape index (κ1) is 39.7. The zero-order chi connectivity index (χ0) is 36.8. The number of carbonyl (C=O) groups is 2. The van der Waals surface area contributed by atoms with Gasteiger partial charge < -0.3 is 47.0 Å². The van der Waals surface area contributed by atoms with Gasteiger partial charge in [-0.25, -0.2) is 4.98 Å². The predicted molar refractivity (Wildman–Crippen MR) is 203 cm³/mol. The Labute approximate surface area is 306 Å². The van der Waals surface area contributed by atoms with Crippen LogP contribution < -0.4 is 32.3 Å². The van der Waals surface area contributed by atoms with Gasteiger partial charge in [0.2, 0.25) is 17.8 Å². The molecule has 2 amide bonds. The number of fused-ring (bicyclic) bond motifs is 1. The van der Waals surface area contributed by atoms with Crippen molar-refractivity contribution in [2.45, 2.75) is 102 Å². The standard InChI is InChI=1S/C35H58N11O5P/c36-30(34(48)39-19-23-52(49,50)51)12-13-32(47)45-21-14-27(15-22-45)41-33-29-10-4-5-11-31(29)42-35(43-33)40-24-28-25-46(44-28)20-7-17-37-16-6-18-38-26-8-2-1-3-9-26/h4-5,10-11,25-27,30,37-38,44H,1-3,6-9,12-24,36H2,(H,39,48)(H2,49,50,51)(H2,40,41,42,43)/t30-/m0/s1. The van der Waals surface area contributed by atoms with Crippen molar-refractivity contribution in [3.8, 4) is 0 Å². The molecule has 1 saturated carbocycles. The summed E-state index contributed by atoms with van der Waals surface area (Å²) in [5.74, 6) is 0.695. The second-order valence-electron chi connectivity index (χ2n) is 14.1. The quantitative estimate of drug-likeness (QED) is 0.0567. The molecule has 0 unspecified atom stereocenters. The summed E-state index contributed by atoms with van der Waals surface area (Å²) in [6.07, 6.45) is 12.5. The Hall–Kier alpha value is -3.53. The number of nitrogens with zero attached hydrogens (tertiary/aromatic N) is 4. The molecule has 52 heavy (non-hydrogen) atoms. The number of carbonyl (C=O) groups excluding carboxylic acids is 2. The molecular formula is C35H58N11O5P. The minimum atomic E-state index is -4.20. The molecule has 1 saturated heterocycles. The van der Waals surface area contributed by atoms with E-state index in [4.69, 9.17) is 25.5 Å². The zero-order valence-corrected chi connectivity index (χ0v) is 31.1. The maximum absolute atomic E-state index is 12.9. The second kappa shape index (κ2) is 20.1. The van der Waals surface area contributed by atoms with Gasteiger partial charge in [0.15, 0.2) is 0 Å². The van der Waals surface area contributed by atoms with Gasteiger partial charge in [-0.3, -0.25) is 23.9 Å². The van der Waals surface area contributed by atoms with Gasteiger partial charge in [-0.05, 0) is 76.7 Å². The van der Waals surface area contributed by atoms with E-state index in [2.05, 4.69) is 42.6 Å². The van der Waals surface area contributed by atoms with E-state index in [9.17, 15) is 14.2 Å². The molecule has 288 valence electrons. The molecule has 2 aromatic heterocycles. The number of aromatic amines is 1. The van der Waals surface area contributed by atoms with E-state index in [0.29, 0.717) is 25.6 Å². The van der Waals surface area contributed by atoms with Crippen molar-refractivity contribution in [1.82, 2.24) is 40.6 Å². The van der Waals surface area contributed by atoms with Gasteiger partial charge in [0.25, 0.3) is 0 Å². The smallest absolute Gasteiger partial charge is 0.327 e. The fraction of sp³-hybridized carbons (Fsp3) is 0.657. The number of benzene rings is 1. The van der Waals surface area contributed by atoms with E-state index in [1.165, 1.54) is 38.5 Å². The lowest BCUT2D eigenvalue weighted by Gasteiger charge is -2.33. The van der Waals surface area contributed by atoms with Gasteiger partial charge in [-0.15, -0.1) is 0 Å². The molecule has 0 bridgehead atoms. The van der Waals surface area contributed by atoms with E-state index in [0.717, 1.165) is 73.9 Å². The van der Waals surface area contributed by atoms with Crippen LogP contribution in [0.1, 0.15) is 76.3 Å². The number of nitrogens with one attached hydrogen (secondary N) is 6. The summed E-state index contributed by atoms with van der Waals surface area (Å²) in [5, 5.41) is 21.0. The van der Waals surface area contributed by atoms with Crippen molar-refractivity contribution in [3.63, 3.8) is 0 Å². The normalized spacial score (nSPS) is 16.6. The maximum atomic E-state index is 12.9. The lowest BCUT2D eigenvalue weighted by Crippen LogP contribution is -2.44. The van der Waals surface area contributed by atoms with E-state index in [1.54, 1.807) is 4.90 Å². The van der Waals surface area contributed by atoms with E-state index in [-0.39, 0.29) is 31.3 Å². The molecule has 17 heteroatoms. The second-order valence-corrected chi connectivity index (χ2v) is 15.9. The first-order valence-corrected chi connectivity index (χ1v) is 20.7. The lowest BCUT2D eigenvalue weighted by atomic mass is 9.95. The molecule has 2 aliphatic rings. The summed E-state index contributed by atoms with van der Waals surface area (Å²) >= 11 is 0. The molecular weight excluding hydrogens is 685 g/mol. The number of hydrogen-bond acceptors (Lipinski definition) is 10. The van der Waals surface area contributed by atoms with Gasteiger partial charge >= 0.3 is 7.60 Å². The molecule has 3 heterocycles. The molecule has 16 nitrogen and oxygen atoms in total. The van der Waals surface area contributed by atoms with Crippen LogP contribution in [0.4, 0.5) is 11.8 Å². The molecule has 1 atom stereocenters. The number of nitrogens with two attached hydrogens (primary N) is 1. The summed E-state index contributed by atoms with van der Waals surface area (Å²) in [6, 6.07) is 7.83. The highest BCUT2D eigenvalue weighted by Gasteiger charge is 2.25. The molecule has 10 N–H and O–H groups in total. The zero-order valence-electron chi connectivity index (χ0n) is 30.2. The van der Waals surface area contributed by atoms with Crippen LogP contribution in [0.5, 0.6) is 0 Å². The van der Waals surface area contributed by atoms with Crippen LogP contribution in [0.3, 0.4) is 0 Å². The van der Waals surface area contributed by atoms with Crippen molar-refractivity contribution < 1.29 is 23.9 Å². The van der Waals surface area contributed by atoms with Crippen molar-refractivity contribution in [3.05, 3.63) is 36.2 Å². The SMILES string of the molecule is N[C@@H](CCC(=O)N1CCC(Nc2nc(NCc3cn(CCCNCCCNC4CCCCC4)[nH]3)nc3ccccc23)CC1)C(=O)NCCP(=O)(O)O. The number of amides is 2. The number of para-hydroxylation sites is 1. The third-order valence-electron chi connectivity index (χ3n) is 9.86. The van der Waals surface area contributed by atoms with Crippen LogP contribution in [0, 0.1) is 0 Å². The van der Waals surface area contributed by atoms with Crippen LogP contribution in [0.15, 0.2) is 30.5 Å². The Bertz CT molecular complexity index is 1580. The van der Waals surface area contributed by atoms with Crippen LogP contribution in [-0.4, -0.2) is 110 Å². The van der Waals surface area contributed by atoms with Gasteiger partial charge in [0.05, 0.1) is 30.0 Å². The number of aromatic nitrogens is 4. The van der Waals surface area contributed by atoms with Crippen molar-refractivity contribution >= 4 is 42.1 Å². The maximum Gasteiger partial charge on any atom is 0.327 e. The number of likely N-dealkylation sites (tertiary alicyclic amines) is 1. The number of piperidine rings is 1. The lowest BCUT2D eigenvalue weighted by molar-refractivity contribution is -0.132. The Morgan fingerprint density at radius 1 is 0.981 bits per heavy atom. The topological polar surface area (TPSA) is 228 Å². The number of H-pyrrole nitrogens is 1. The largest absolute Gasteiger partial charge is 0.367 e. The van der Waals surface area contributed by atoms with E-state index >= 15 is 0 Å². The predicted octanol–water partition coefficient (Wildman–Crippen LogP) is 2.47. The molecule has 2 fully saturated rings. The monoisotopic (exact) mass is 743 g/mol. The first-order valence-electron chi connectivity index (χ1n) is 18.9. The van der Waals surface area contributed by atoms with Gasteiger partial charge in [0, 0.05) is 56.3 Å². The average Bonchev–Trinajstić information content (AvgIpc) is 3.12. The fourth-order valence-corrected chi connectivity index (χ4v) is 7.23. The number of hydrogen-bond donors (Lipinski definition) is 9. The highest BCUT2D eigenvalue weighted by atomic mass is 31.2. The third-order valence-corrected chi connectivity index (χ3v) is 10.7. The van der Waals surface area contributed by atoms with Crippen LogP contribution >= 0.6 is 7.60 Å². The summed E-state index contributed by atoms with van der Waals surface area (Å²) in [5.41, 5.74) is 7.82. The first-order chi connectivity index (χ1) is 25.1. The van der Waals surface area contributed by atoms with E-state index < -0.39 is 25.7 Å². The minimum Gasteiger partial charge on any atom is -0.367 e. The minimum absolute atomic E-state index is 0.0713. The van der Waals surface area contributed by atoms with Gasteiger partial charge in [0.1, 0.15) is 5.82 Å². The van der Waals surface area contributed by atoms with E-state index in [1.807, 2.05) is 24.3 Å². The number of aryl methyl sites for hydroxylation is 1. The number of anilines is 2. The molecule has 1 aromatic carbocycles. The van der Waals surface area contributed by atoms with Crippen LogP contribution in [0.2, 0.25) is 0 Å².